The van der Waals surface area contributed by atoms with Crippen LogP contribution in [0.4, 0.5) is 5.69 Å². The van der Waals surface area contributed by atoms with E-state index in [9.17, 15) is 74.6 Å². The average molecular weight is 1320 g/mol. The molecule has 91 heavy (non-hydrogen) atoms. The standard InChI is InChI=1S/C60H78N5O24PS/c1-28(2)8-6-9-29(3)10-7-11-30(4)18-19-81-20-21-82-90(79,80)58-53(50(76)49(75)52(88-58)54(61)77)87-57-45(63-31(5)68)48(74)51(42(27-67)85-57)86-56-44(47(73)46(72)41(26-66)84-56)65-43(71)25-62-59(91)64-32-12-15-36-35(22-32)55(78)89-60(36)37-16-13-33(69)23-39(37)83-40-24-34(70)14-17-38(40)60/h8,10,12-18,22-24,41-42,44-53,56-58,66-67,69-70,72-76H,6-7,9,11,19-21,25-27H2,1-5H3,(H2,61,77)(H,63,68)(H,65,71)(H,79,80)(H2,62,64,91)/t41?,42?,44?,45?,46-,47+,48+,49+,50-,51+,52?,53?,56-,57-,58-/m0/s1. The van der Waals surface area contributed by atoms with Crippen LogP contribution in [0, 0.1) is 0 Å². The molecule has 498 valence electrons. The first-order valence-electron chi connectivity index (χ1n) is 29.2. The van der Waals surface area contributed by atoms with Gasteiger partial charge in [-0.15, -0.1) is 0 Å². The second-order valence-electron chi connectivity index (χ2n) is 22.8. The van der Waals surface area contributed by atoms with Crippen LogP contribution in [0.15, 0.2) is 89.5 Å². The molecule has 29 nitrogen and oxygen atoms in total. The molecule has 3 fully saturated rings. The highest BCUT2D eigenvalue weighted by Gasteiger charge is 2.59. The zero-order valence-corrected chi connectivity index (χ0v) is 52.0. The third kappa shape index (κ3) is 16.3. The summed E-state index contributed by atoms with van der Waals surface area (Å²) in [6, 6.07) is 9.67. The lowest BCUT2D eigenvalue weighted by molar-refractivity contribution is -0.345. The maximum atomic E-state index is 14.0. The Balaban J connectivity index is 0.915. The van der Waals surface area contributed by atoms with E-state index in [-0.39, 0.29) is 52.6 Å². The van der Waals surface area contributed by atoms with Gasteiger partial charge in [0.25, 0.3) is 0 Å². The van der Waals surface area contributed by atoms with Gasteiger partial charge in [-0.05, 0) is 102 Å². The van der Waals surface area contributed by atoms with Crippen molar-refractivity contribution in [2.24, 2.45) is 5.73 Å². The summed E-state index contributed by atoms with van der Waals surface area (Å²) in [5.41, 5.74) is 9.01. The number of nitrogens with one attached hydrogen (secondary N) is 4. The molecule has 1 spiro atoms. The number of carbonyl (C=O) groups excluding carboxylic acids is 4. The third-order valence-electron chi connectivity index (χ3n) is 15.8. The lowest BCUT2D eigenvalue weighted by atomic mass is 9.77. The van der Waals surface area contributed by atoms with Crippen LogP contribution < -0.4 is 31.7 Å². The van der Waals surface area contributed by atoms with E-state index >= 15 is 0 Å². The number of amides is 3. The number of hydrogen-bond donors (Lipinski definition) is 15. The van der Waals surface area contributed by atoms with Crippen molar-refractivity contribution in [3.8, 4) is 23.0 Å². The predicted molar refractivity (Wildman–Crippen MR) is 323 cm³/mol. The second kappa shape index (κ2) is 30.5. The van der Waals surface area contributed by atoms with Crippen molar-refractivity contribution in [2.45, 2.75) is 157 Å². The van der Waals surface area contributed by atoms with Crippen molar-refractivity contribution in [2.75, 3.05) is 44.9 Å². The number of carbonyl (C=O) groups is 4. The summed E-state index contributed by atoms with van der Waals surface area (Å²) in [5, 5.41) is 109. The number of aliphatic hydroxyl groups is 7. The number of rotatable bonds is 25. The van der Waals surface area contributed by atoms with Gasteiger partial charge in [-0.25, -0.2) is 4.79 Å². The quantitative estimate of drug-likeness (QED) is 0.0183. The van der Waals surface area contributed by atoms with Crippen molar-refractivity contribution in [3.63, 3.8) is 0 Å². The first-order valence-corrected chi connectivity index (χ1v) is 31.2. The maximum absolute atomic E-state index is 14.0. The molecule has 16 atom stereocenters. The van der Waals surface area contributed by atoms with Gasteiger partial charge in [0.2, 0.25) is 17.7 Å². The predicted octanol–water partition coefficient (Wildman–Crippen LogP) is 0.799. The number of hydrogen-bond acceptors (Lipinski definition) is 24. The molecule has 5 aliphatic rings. The van der Waals surface area contributed by atoms with Crippen molar-refractivity contribution >= 4 is 54.3 Å². The molecular formula is C60H78N5O24PS. The largest absolute Gasteiger partial charge is 0.508 e. The molecule has 3 aromatic carbocycles. The summed E-state index contributed by atoms with van der Waals surface area (Å²) < 4.78 is 66.5. The fourth-order valence-electron chi connectivity index (χ4n) is 11.2. The highest BCUT2D eigenvalue weighted by molar-refractivity contribution is 7.80. The number of primary amides is 1. The number of aromatic hydroxyl groups is 2. The molecule has 0 aromatic heterocycles. The van der Waals surface area contributed by atoms with E-state index in [0.717, 1.165) is 38.2 Å². The van der Waals surface area contributed by atoms with Crippen LogP contribution in [0.1, 0.15) is 87.4 Å². The van der Waals surface area contributed by atoms with Crippen LogP contribution in [0.2, 0.25) is 0 Å². The van der Waals surface area contributed by atoms with E-state index in [1.807, 2.05) is 13.0 Å². The first kappa shape index (κ1) is 70.4. The fourth-order valence-corrected chi connectivity index (χ4v) is 12.8. The van der Waals surface area contributed by atoms with Gasteiger partial charge in [0.1, 0.15) is 90.0 Å². The van der Waals surface area contributed by atoms with E-state index in [1.165, 1.54) is 41.5 Å². The van der Waals surface area contributed by atoms with Gasteiger partial charge in [0.05, 0.1) is 45.1 Å². The van der Waals surface area contributed by atoms with Crippen LogP contribution in [0.3, 0.4) is 0 Å². The Morgan fingerprint density at radius 2 is 1.31 bits per heavy atom. The number of benzene rings is 3. The Hall–Kier alpha value is -6.52. The molecule has 0 aliphatic carbocycles. The minimum absolute atomic E-state index is 0.110. The van der Waals surface area contributed by atoms with Gasteiger partial charge in [-0.2, -0.15) is 0 Å². The first-order chi connectivity index (χ1) is 43.2. The number of esters is 1. The van der Waals surface area contributed by atoms with Crippen molar-refractivity contribution in [1.29, 1.82) is 0 Å². The normalized spacial score (nSPS) is 29.1. The van der Waals surface area contributed by atoms with Gasteiger partial charge in [-0.3, -0.25) is 18.9 Å². The molecule has 3 saturated heterocycles. The number of fused-ring (bicyclic) bond motifs is 6. The second-order valence-corrected chi connectivity index (χ2v) is 25.1. The third-order valence-corrected chi connectivity index (χ3v) is 17.7. The van der Waals surface area contributed by atoms with Gasteiger partial charge in [-0.1, -0.05) is 41.0 Å². The van der Waals surface area contributed by atoms with Crippen LogP contribution in [0.25, 0.3) is 0 Å². The molecule has 0 radical (unpaired) electrons. The molecular weight excluding hydrogens is 1240 g/mol. The highest BCUT2D eigenvalue weighted by Crippen LogP contribution is 2.58. The van der Waals surface area contributed by atoms with Gasteiger partial charge in [0.15, 0.2) is 35.2 Å². The summed E-state index contributed by atoms with van der Waals surface area (Å²) in [6.07, 6.45) is -14.1. The van der Waals surface area contributed by atoms with Crippen LogP contribution in [-0.4, -0.2) is 211 Å². The summed E-state index contributed by atoms with van der Waals surface area (Å²) in [5.74, 6) is -6.10. The van der Waals surface area contributed by atoms with Crippen LogP contribution in [0.5, 0.6) is 23.0 Å². The van der Waals surface area contributed by atoms with E-state index in [1.54, 1.807) is 24.3 Å². The topological polar surface area (TPSA) is 445 Å². The molecule has 31 heteroatoms. The smallest absolute Gasteiger partial charge is 0.359 e. The summed E-state index contributed by atoms with van der Waals surface area (Å²) >= 11 is 5.47. The number of phenols is 2. The molecule has 5 heterocycles. The molecule has 7 unspecified atom stereocenters. The number of aliphatic hydroxyl groups excluding tert-OH is 7. The summed E-state index contributed by atoms with van der Waals surface area (Å²) in [4.78, 5) is 64.0. The highest BCUT2D eigenvalue weighted by atomic mass is 32.1. The van der Waals surface area contributed by atoms with E-state index in [0.29, 0.717) is 16.7 Å². The number of phenolic OH excluding ortho intramolecular Hbond substituents is 2. The van der Waals surface area contributed by atoms with Crippen LogP contribution in [-0.2, 0) is 62.2 Å². The number of nitrogens with two attached hydrogens (primary N) is 1. The summed E-state index contributed by atoms with van der Waals surface area (Å²) in [7, 11) is -5.23. The van der Waals surface area contributed by atoms with Crippen LogP contribution >= 0.6 is 19.8 Å². The van der Waals surface area contributed by atoms with Gasteiger partial charge < -0.3 is 120 Å². The molecule has 16 N–H and O–H groups in total. The van der Waals surface area contributed by atoms with E-state index < -0.39 is 155 Å². The number of anilines is 1. The molecule has 3 aromatic rings. The van der Waals surface area contributed by atoms with Gasteiger partial charge >= 0.3 is 13.6 Å². The SMILES string of the molecule is CC(=O)NC1[C@H](OC2[C@@H](O)[C@@H](O)C(C(N)=O)O[C@H]2P(=O)(O)OCCOCC=C(C)CCC=C(C)CCC=C(C)C)OC(CO)[C@@H](O[C@@H]2OC(CO)[C@H](O)[C@H](O)C2NC(=O)CNC(=S)Nc2ccc3c(c2)C(=O)OC32c3ccc(O)cc3Oc3cc(O)ccc32)[C@@H]1O. The Labute approximate surface area is 528 Å². The van der Waals surface area contributed by atoms with Gasteiger partial charge in [0, 0.05) is 41.4 Å². The van der Waals surface area contributed by atoms with Crippen molar-refractivity contribution in [1.82, 2.24) is 16.0 Å². The minimum Gasteiger partial charge on any atom is -0.508 e. The maximum Gasteiger partial charge on any atom is 0.359 e. The Kier molecular flexibility index (Phi) is 23.6. The van der Waals surface area contributed by atoms with E-state index in [4.69, 9.17) is 60.4 Å². The zero-order chi connectivity index (χ0) is 66.2. The van der Waals surface area contributed by atoms with Crippen molar-refractivity contribution < 1.29 is 117 Å². The number of ether oxygens (including phenoxy) is 8. The molecule has 0 saturated carbocycles. The molecule has 0 bridgehead atoms. The fraction of sp³-hybridized carbons (Fsp3) is 0.517. The molecule has 5 aliphatic heterocycles. The average Bonchev–Trinajstić information content (AvgIpc) is 1.63. The Morgan fingerprint density at radius 3 is 1.92 bits per heavy atom. The monoisotopic (exact) mass is 1320 g/mol. The zero-order valence-electron chi connectivity index (χ0n) is 50.3. The molecule has 3 amide bonds. The lowest BCUT2D eigenvalue weighted by Crippen LogP contribution is -2.70. The number of thiocarbonyl (C=S) groups is 1. The number of allylic oxidation sites excluding steroid dienone is 5. The lowest BCUT2D eigenvalue weighted by Gasteiger charge is -2.49. The summed E-state index contributed by atoms with van der Waals surface area (Å²) in [6.45, 7) is 5.88. The Morgan fingerprint density at radius 1 is 0.714 bits per heavy atom. The molecule has 8 rings (SSSR count). The Bertz CT molecular complexity index is 3240. The van der Waals surface area contributed by atoms with E-state index in [2.05, 4.69) is 54.2 Å². The van der Waals surface area contributed by atoms with Crippen molar-refractivity contribution in [3.05, 3.63) is 112 Å². The minimum atomic E-state index is -5.23.